The number of amides is 1. The molecule has 0 saturated heterocycles. The third-order valence-electron chi connectivity index (χ3n) is 2.10. The summed E-state index contributed by atoms with van der Waals surface area (Å²) in [6.07, 6.45) is 0.456. The van der Waals surface area contributed by atoms with Crippen molar-refractivity contribution in [2.75, 3.05) is 17.7 Å². The van der Waals surface area contributed by atoms with Crippen LogP contribution in [0.2, 0.25) is 0 Å². The van der Waals surface area contributed by atoms with Crippen LogP contribution >= 0.6 is 0 Å². The van der Waals surface area contributed by atoms with Crippen molar-refractivity contribution in [3.8, 4) is 0 Å². The number of hydrogen-bond donors (Lipinski definition) is 2. The van der Waals surface area contributed by atoms with E-state index in [2.05, 4.69) is 5.32 Å². The first-order valence-electron chi connectivity index (χ1n) is 5.41. The third kappa shape index (κ3) is 3.90. The molecule has 0 aliphatic carbocycles. The van der Waals surface area contributed by atoms with E-state index in [9.17, 15) is 4.79 Å². The van der Waals surface area contributed by atoms with E-state index >= 15 is 0 Å². The van der Waals surface area contributed by atoms with Gasteiger partial charge in [0.2, 0.25) is 0 Å². The molecule has 1 amide bonds. The summed E-state index contributed by atoms with van der Waals surface area (Å²) in [5.74, 6) is -0.154. The van der Waals surface area contributed by atoms with Crippen molar-refractivity contribution in [2.45, 2.75) is 26.4 Å². The molecular formula is C12H18N2O2. The van der Waals surface area contributed by atoms with Gasteiger partial charge in [-0.15, -0.1) is 0 Å². The highest BCUT2D eigenvalue weighted by Gasteiger charge is 2.12. The molecule has 0 saturated carbocycles. The summed E-state index contributed by atoms with van der Waals surface area (Å²) < 4.78 is 5.31. The maximum atomic E-state index is 11.7. The number of rotatable bonds is 5. The molecule has 0 radical (unpaired) electrons. The molecule has 1 aromatic carbocycles. The van der Waals surface area contributed by atoms with Gasteiger partial charge in [0.1, 0.15) is 6.10 Å². The standard InChI is InChI=1S/C12H18N2O2/c1-3-7-16-9(2)12(15)14-11-6-4-5-10(13)8-11/h4-6,8-9H,3,7,13H2,1-2H3,(H,14,15). The fourth-order valence-corrected chi connectivity index (χ4v) is 1.23. The van der Waals surface area contributed by atoms with Gasteiger partial charge >= 0.3 is 0 Å². The molecule has 0 bridgehead atoms. The minimum atomic E-state index is -0.443. The Morgan fingerprint density at radius 3 is 2.94 bits per heavy atom. The Bertz CT molecular complexity index is 353. The summed E-state index contributed by atoms with van der Waals surface area (Å²) >= 11 is 0. The molecule has 1 unspecified atom stereocenters. The summed E-state index contributed by atoms with van der Waals surface area (Å²) in [6.45, 7) is 4.32. The summed E-state index contributed by atoms with van der Waals surface area (Å²) in [7, 11) is 0. The minimum absolute atomic E-state index is 0.154. The number of hydrogen-bond acceptors (Lipinski definition) is 3. The summed E-state index contributed by atoms with van der Waals surface area (Å²) in [5.41, 5.74) is 6.92. The zero-order valence-electron chi connectivity index (χ0n) is 9.69. The van der Waals surface area contributed by atoms with Crippen molar-refractivity contribution in [2.24, 2.45) is 0 Å². The molecule has 4 heteroatoms. The second-order valence-corrected chi connectivity index (χ2v) is 3.63. The highest BCUT2D eigenvalue weighted by Crippen LogP contribution is 2.12. The average molecular weight is 222 g/mol. The fourth-order valence-electron chi connectivity index (χ4n) is 1.23. The minimum Gasteiger partial charge on any atom is -0.399 e. The Kier molecular flexibility index (Phi) is 4.79. The first-order chi connectivity index (χ1) is 7.63. The zero-order chi connectivity index (χ0) is 12.0. The molecule has 16 heavy (non-hydrogen) atoms. The van der Waals surface area contributed by atoms with Gasteiger partial charge in [-0.2, -0.15) is 0 Å². The van der Waals surface area contributed by atoms with Crippen LogP contribution < -0.4 is 11.1 Å². The van der Waals surface area contributed by atoms with Crippen LogP contribution in [0.15, 0.2) is 24.3 Å². The highest BCUT2D eigenvalue weighted by atomic mass is 16.5. The molecule has 0 aliphatic heterocycles. The second-order valence-electron chi connectivity index (χ2n) is 3.63. The lowest BCUT2D eigenvalue weighted by Crippen LogP contribution is -2.27. The SMILES string of the molecule is CCCOC(C)C(=O)Nc1cccc(N)c1. The van der Waals surface area contributed by atoms with Crippen molar-refractivity contribution in [1.29, 1.82) is 0 Å². The van der Waals surface area contributed by atoms with Gasteiger partial charge in [-0.05, 0) is 31.5 Å². The number of benzene rings is 1. The summed E-state index contributed by atoms with van der Waals surface area (Å²) in [5, 5.41) is 2.75. The van der Waals surface area contributed by atoms with Crippen LogP contribution in [0, 0.1) is 0 Å². The van der Waals surface area contributed by atoms with Crippen molar-refractivity contribution < 1.29 is 9.53 Å². The molecule has 1 rings (SSSR count). The lowest BCUT2D eigenvalue weighted by Gasteiger charge is -2.12. The molecule has 0 aromatic heterocycles. The Morgan fingerprint density at radius 2 is 2.31 bits per heavy atom. The van der Waals surface area contributed by atoms with Crippen molar-refractivity contribution >= 4 is 17.3 Å². The predicted octanol–water partition coefficient (Wildman–Crippen LogP) is 2.02. The van der Waals surface area contributed by atoms with E-state index in [1.54, 1.807) is 31.2 Å². The van der Waals surface area contributed by atoms with Crippen molar-refractivity contribution in [3.63, 3.8) is 0 Å². The smallest absolute Gasteiger partial charge is 0.253 e. The van der Waals surface area contributed by atoms with E-state index in [1.165, 1.54) is 0 Å². The van der Waals surface area contributed by atoms with Gasteiger partial charge in [0, 0.05) is 18.0 Å². The van der Waals surface area contributed by atoms with Gasteiger partial charge in [-0.1, -0.05) is 13.0 Å². The zero-order valence-corrected chi connectivity index (χ0v) is 9.69. The van der Waals surface area contributed by atoms with Gasteiger partial charge in [-0.25, -0.2) is 0 Å². The van der Waals surface area contributed by atoms with Crippen LogP contribution in [-0.4, -0.2) is 18.6 Å². The topological polar surface area (TPSA) is 64.3 Å². The fraction of sp³-hybridized carbons (Fsp3) is 0.417. The largest absolute Gasteiger partial charge is 0.399 e. The lowest BCUT2D eigenvalue weighted by atomic mass is 10.2. The maximum Gasteiger partial charge on any atom is 0.253 e. The first-order valence-corrected chi connectivity index (χ1v) is 5.41. The predicted molar refractivity (Wildman–Crippen MR) is 65.2 cm³/mol. The van der Waals surface area contributed by atoms with Gasteiger partial charge in [0.15, 0.2) is 0 Å². The Labute approximate surface area is 95.8 Å². The number of nitrogen functional groups attached to an aromatic ring is 1. The van der Waals surface area contributed by atoms with E-state index in [0.717, 1.165) is 6.42 Å². The molecule has 0 fully saturated rings. The molecule has 0 spiro atoms. The normalized spacial score (nSPS) is 12.1. The van der Waals surface area contributed by atoms with Crippen molar-refractivity contribution in [3.05, 3.63) is 24.3 Å². The molecule has 3 N–H and O–H groups in total. The quantitative estimate of drug-likeness (QED) is 0.749. The van der Waals surface area contributed by atoms with Gasteiger partial charge in [0.05, 0.1) is 0 Å². The summed E-state index contributed by atoms with van der Waals surface area (Å²) in [6, 6.07) is 7.07. The van der Waals surface area contributed by atoms with Gasteiger partial charge in [-0.3, -0.25) is 4.79 Å². The van der Waals surface area contributed by atoms with E-state index in [-0.39, 0.29) is 5.91 Å². The summed E-state index contributed by atoms with van der Waals surface area (Å²) in [4.78, 5) is 11.7. The van der Waals surface area contributed by atoms with Gasteiger partial charge < -0.3 is 15.8 Å². The number of carbonyl (C=O) groups excluding carboxylic acids is 1. The van der Waals surface area contributed by atoms with Crippen LogP contribution in [0.5, 0.6) is 0 Å². The number of anilines is 2. The monoisotopic (exact) mass is 222 g/mol. The average Bonchev–Trinajstić information content (AvgIpc) is 2.25. The molecule has 1 atom stereocenters. The van der Waals surface area contributed by atoms with E-state index in [4.69, 9.17) is 10.5 Å². The first kappa shape index (κ1) is 12.5. The lowest BCUT2D eigenvalue weighted by molar-refractivity contribution is -0.126. The Balaban J connectivity index is 2.50. The third-order valence-corrected chi connectivity index (χ3v) is 2.10. The van der Waals surface area contributed by atoms with Crippen LogP contribution in [-0.2, 0) is 9.53 Å². The Hall–Kier alpha value is -1.55. The number of nitrogens with two attached hydrogens (primary N) is 1. The Morgan fingerprint density at radius 1 is 1.56 bits per heavy atom. The van der Waals surface area contributed by atoms with E-state index in [0.29, 0.717) is 18.0 Å². The van der Waals surface area contributed by atoms with Crippen LogP contribution in [0.25, 0.3) is 0 Å². The number of nitrogens with one attached hydrogen (secondary N) is 1. The van der Waals surface area contributed by atoms with Gasteiger partial charge in [0.25, 0.3) is 5.91 Å². The molecule has 88 valence electrons. The van der Waals surface area contributed by atoms with Crippen LogP contribution in [0.1, 0.15) is 20.3 Å². The van der Waals surface area contributed by atoms with Crippen LogP contribution in [0.3, 0.4) is 0 Å². The van der Waals surface area contributed by atoms with E-state index < -0.39 is 6.10 Å². The molecular weight excluding hydrogens is 204 g/mol. The molecule has 4 nitrogen and oxygen atoms in total. The number of ether oxygens (including phenoxy) is 1. The van der Waals surface area contributed by atoms with Crippen LogP contribution in [0.4, 0.5) is 11.4 Å². The maximum absolute atomic E-state index is 11.7. The van der Waals surface area contributed by atoms with Crippen molar-refractivity contribution in [1.82, 2.24) is 0 Å². The molecule has 0 aliphatic rings. The second kappa shape index (κ2) is 6.12. The molecule has 0 heterocycles. The number of carbonyl (C=O) groups is 1. The highest BCUT2D eigenvalue weighted by molar-refractivity contribution is 5.94. The van der Waals surface area contributed by atoms with E-state index in [1.807, 2.05) is 6.92 Å². The molecule has 1 aromatic rings.